The molecule has 2 nitrogen and oxygen atoms in total. The topological polar surface area (TPSA) is 26.3 Å². The Hall–Kier alpha value is -0.860. The third-order valence-electron chi connectivity index (χ3n) is 5.71. The molecular weight excluding hydrogens is 243 g/mol. The van der Waals surface area contributed by atoms with Gasteiger partial charge in [0.2, 0.25) is 5.67 Å². The number of methoxy groups -OCH3 is 1. The highest BCUT2D eigenvalue weighted by atomic mass is 19.1. The summed E-state index contributed by atoms with van der Waals surface area (Å²) in [7, 11) is 1.26. The number of fused-ring (bicyclic) bond motifs is 1. The third-order valence-corrected chi connectivity index (χ3v) is 5.71. The van der Waals surface area contributed by atoms with Crippen LogP contribution in [0.4, 0.5) is 4.39 Å². The molecule has 0 unspecified atom stereocenters. The van der Waals surface area contributed by atoms with Crippen molar-refractivity contribution < 1.29 is 13.9 Å². The fourth-order valence-corrected chi connectivity index (χ4v) is 4.66. The second-order valence-electron chi connectivity index (χ2n) is 7.10. The summed E-state index contributed by atoms with van der Waals surface area (Å²) in [5.41, 5.74) is -2.24. The van der Waals surface area contributed by atoms with Crippen molar-refractivity contribution in [3.05, 3.63) is 12.2 Å². The fourth-order valence-electron chi connectivity index (χ4n) is 4.66. The van der Waals surface area contributed by atoms with Gasteiger partial charge in [-0.25, -0.2) is 9.18 Å². The van der Waals surface area contributed by atoms with E-state index >= 15 is 4.39 Å². The Bertz CT molecular complexity index is 405. The molecule has 0 heterocycles. The molecule has 2 fully saturated rings. The van der Waals surface area contributed by atoms with E-state index in [2.05, 4.69) is 20.4 Å². The molecule has 2 aliphatic carbocycles. The average molecular weight is 268 g/mol. The number of alkyl halides is 1. The molecular formula is C16H25FO2. The van der Waals surface area contributed by atoms with Crippen molar-refractivity contribution in [2.45, 2.75) is 58.5 Å². The molecule has 3 heteroatoms. The van der Waals surface area contributed by atoms with Crippen molar-refractivity contribution in [1.29, 1.82) is 0 Å². The van der Waals surface area contributed by atoms with Gasteiger partial charge in [-0.3, -0.25) is 0 Å². The first-order chi connectivity index (χ1) is 8.70. The number of esters is 1. The van der Waals surface area contributed by atoms with Gasteiger partial charge in [0.1, 0.15) is 0 Å². The van der Waals surface area contributed by atoms with Gasteiger partial charge in [0, 0.05) is 5.41 Å². The van der Waals surface area contributed by atoms with Crippen LogP contribution in [0.3, 0.4) is 0 Å². The smallest absolute Gasteiger partial charge is 0.348 e. The minimum absolute atomic E-state index is 0.0685. The molecule has 2 aliphatic rings. The van der Waals surface area contributed by atoms with E-state index in [1.807, 2.05) is 6.92 Å². The summed E-state index contributed by atoms with van der Waals surface area (Å²) < 4.78 is 20.4. The number of ether oxygens (including phenoxy) is 1. The zero-order chi connectivity index (χ0) is 14.5. The number of halogens is 1. The lowest BCUT2D eigenvalue weighted by Crippen LogP contribution is -2.61. The van der Waals surface area contributed by atoms with E-state index < -0.39 is 17.1 Å². The quantitative estimate of drug-likeness (QED) is 0.530. The molecule has 108 valence electrons. The molecule has 0 N–H and O–H groups in total. The van der Waals surface area contributed by atoms with E-state index in [0.717, 1.165) is 25.7 Å². The fraction of sp³-hybridized carbons (Fsp3) is 0.812. The van der Waals surface area contributed by atoms with Crippen LogP contribution in [0.2, 0.25) is 0 Å². The highest BCUT2D eigenvalue weighted by Crippen LogP contribution is 2.63. The van der Waals surface area contributed by atoms with Gasteiger partial charge in [-0.1, -0.05) is 33.8 Å². The molecule has 0 aliphatic heterocycles. The molecule has 0 amide bonds. The molecule has 0 bridgehead atoms. The molecule has 2 rings (SSSR count). The van der Waals surface area contributed by atoms with Crippen molar-refractivity contribution in [3.8, 4) is 0 Å². The zero-order valence-corrected chi connectivity index (χ0v) is 12.5. The van der Waals surface area contributed by atoms with Crippen molar-refractivity contribution in [2.75, 3.05) is 7.11 Å². The second-order valence-corrected chi connectivity index (χ2v) is 7.10. The van der Waals surface area contributed by atoms with Crippen molar-refractivity contribution in [2.24, 2.45) is 16.7 Å². The van der Waals surface area contributed by atoms with Crippen LogP contribution in [-0.2, 0) is 9.53 Å². The normalized spacial score (nSPS) is 41.5. The molecule has 19 heavy (non-hydrogen) atoms. The van der Waals surface area contributed by atoms with Crippen LogP contribution >= 0.6 is 0 Å². The zero-order valence-electron chi connectivity index (χ0n) is 12.5. The maximum absolute atomic E-state index is 15.6. The Morgan fingerprint density at radius 1 is 1.37 bits per heavy atom. The van der Waals surface area contributed by atoms with E-state index in [-0.39, 0.29) is 11.3 Å². The first-order valence-electron chi connectivity index (χ1n) is 7.16. The average Bonchev–Trinajstić information content (AvgIpc) is 2.33. The molecule has 0 saturated heterocycles. The summed E-state index contributed by atoms with van der Waals surface area (Å²) in [6.45, 7) is 10.2. The standard InChI is InChI=1S/C16H25FO2/c1-11-7-8-12-14(2,3)9-6-10-15(12,4)16(11,17)13(18)19-5/h12H,1,6-10H2,2-5H3/t12-,15-,16-/m0/s1. The van der Waals surface area contributed by atoms with E-state index in [1.54, 1.807) is 0 Å². The van der Waals surface area contributed by atoms with Gasteiger partial charge in [0.15, 0.2) is 0 Å². The SMILES string of the molecule is C=C1CC[C@H]2C(C)(C)CCC[C@]2(C)[C@@]1(F)C(=O)OC. The van der Waals surface area contributed by atoms with Crippen LogP contribution in [-0.4, -0.2) is 18.7 Å². The first kappa shape index (κ1) is 14.5. The lowest BCUT2D eigenvalue weighted by atomic mass is 9.46. The molecule has 0 aromatic heterocycles. The molecule has 0 radical (unpaired) electrons. The summed E-state index contributed by atoms with van der Waals surface area (Å²) in [5, 5.41) is 0. The highest BCUT2D eigenvalue weighted by molar-refractivity contribution is 5.85. The maximum atomic E-state index is 15.6. The van der Waals surface area contributed by atoms with Gasteiger partial charge in [0.05, 0.1) is 7.11 Å². The minimum atomic E-state index is -2.03. The number of carbonyl (C=O) groups excluding carboxylic acids is 1. The molecule has 2 saturated carbocycles. The molecule has 0 aromatic rings. The van der Waals surface area contributed by atoms with Gasteiger partial charge in [0.25, 0.3) is 0 Å². The summed E-state index contributed by atoms with van der Waals surface area (Å²) in [6.07, 6.45) is 4.28. The van der Waals surface area contributed by atoms with Crippen molar-refractivity contribution in [1.82, 2.24) is 0 Å². The maximum Gasteiger partial charge on any atom is 0.348 e. The summed E-state index contributed by atoms with van der Waals surface area (Å²) >= 11 is 0. The van der Waals surface area contributed by atoms with Crippen LogP contribution in [0.15, 0.2) is 12.2 Å². The van der Waals surface area contributed by atoms with Gasteiger partial charge >= 0.3 is 5.97 Å². The number of carbonyl (C=O) groups is 1. The van der Waals surface area contributed by atoms with Crippen LogP contribution in [0.5, 0.6) is 0 Å². The Morgan fingerprint density at radius 2 is 2.00 bits per heavy atom. The van der Waals surface area contributed by atoms with E-state index in [0.29, 0.717) is 12.0 Å². The second kappa shape index (κ2) is 4.32. The number of rotatable bonds is 1. The Balaban J connectivity index is 2.53. The molecule has 0 aromatic carbocycles. The number of hydrogen-bond donors (Lipinski definition) is 0. The van der Waals surface area contributed by atoms with E-state index in [9.17, 15) is 4.79 Å². The van der Waals surface area contributed by atoms with Crippen LogP contribution in [0, 0.1) is 16.7 Å². The monoisotopic (exact) mass is 268 g/mol. The van der Waals surface area contributed by atoms with Gasteiger partial charge in [-0.2, -0.15) is 0 Å². The predicted octanol–water partition coefficient (Wildman–Crippen LogP) is 4.05. The first-order valence-corrected chi connectivity index (χ1v) is 7.16. The molecule has 0 spiro atoms. The van der Waals surface area contributed by atoms with Crippen molar-refractivity contribution in [3.63, 3.8) is 0 Å². The van der Waals surface area contributed by atoms with Gasteiger partial charge < -0.3 is 4.74 Å². The van der Waals surface area contributed by atoms with Crippen LogP contribution < -0.4 is 0 Å². The Kier molecular flexibility index (Phi) is 3.31. The predicted molar refractivity (Wildman–Crippen MR) is 73.5 cm³/mol. The summed E-state index contributed by atoms with van der Waals surface area (Å²) in [6, 6.07) is 0. The van der Waals surface area contributed by atoms with E-state index in [4.69, 9.17) is 4.74 Å². The third kappa shape index (κ3) is 1.77. The van der Waals surface area contributed by atoms with Crippen LogP contribution in [0.1, 0.15) is 52.9 Å². The van der Waals surface area contributed by atoms with Crippen molar-refractivity contribution >= 4 is 5.97 Å². The Morgan fingerprint density at radius 3 is 2.58 bits per heavy atom. The largest absolute Gasteiger partial charge is 0.466 e. The van der Waals surface area contributed by atoms with Crippen LogP contribution in [0.25, 0.3) is 0 Å². The number of hydrogen-bond acceptors (Lipinski definition) is 2. The molecule has 3 atom stereocenters. The summed E-state index contributed by atoms with van der Waals surface area (Å²) in [5.74, 6) is -0.564. The highest BCUT2D eigenvalue weighted by Gasteiger charge is 2.65. The lowest BCUT2D eigenvalue weighted by Gasteiger charge is -2.58. The lowest BCUT2D eigenvalue weighted by molar-refractivity contribution is -0.177. The van der Waals surface area contributed by atoms with Gasteiger partial charge in [-0.15, -0.1) is 0 Å². The Labute approximate surface area is 115 Å². The van der Waals surface area contributed by atoms with Gasteiger partial charge in [-0.05, 0) is 42.6 Å². The minimum Gasteiger partial charge on any atom is -0.466 e. The van der Waals surface area contributed by atoms with E-state index in [1.165, 1.54) is 7.11 Å². The summed E-state index contributed by atoms with van der Waals surface area (Å²) in [4.78, 5) is 12.1.